The second-order valence-corrected chi connectivity index (χ2v) is 13.7. The third-order valence-electron chi connectivity index (χ3n) is 10.3. The van der Waals surface area contributed by atoms with Crippen molar-refractivity contribution in [3.8, 4) is 73.2 Å². The molecule has 0 aliphatic heterocycles. The van der Waals surface area contributed by atoms with Gasteiger partial charge in [0.05, 0.1) is 16.7 Å². The number of aromatic nitrogens is 4. The highest BCUT2D eigenvalue weighted by molar-refractivity contribution is 6.09. The third kappa shape index (κ3) is 6.06. The number of rotatable bonds is 7. The van der Waals surface area contributed by atoms with Gasteiger partial charge < -0.3 is 4.57 Å². The summed E-state index contributed by atoms with van der Waals surface area (Å²) in [5, 5.41) is 2.40. The summed E-state index contributed by atoms with van der Waals surface area (Å²) in [5.41, 5.74) is 12.9. The molecule has 55 heavy (non-hydrogen) atoms. The quantitative estimate of drug-likeness (QED) is 0.166. The molecule has 0 aliphatic rings. The molecule has 10 aromatic rings. The molecule has 0 atom stereocenters. The predicted octanol–water partition coefficient (Wildman–Crippen LogP) is 13.0. The van der Waals surface area contributed by atoms with Gasteiger partial charge in [0.1, 0.15) is 0 Å². The summed E-state index contributed by atoms with van der Waals surface area (Å²) >= 11 is 0. The van der Waals surface area contributed by atoms with E-state index in [0.29, 0.717) is 17.5 Å². The Morgan fingerprint density at radius 2 is 0.673 bits per heavy atom. The third-order valence-corrected chi connectivity index (χ3v) is 10.3. The average molecular weight is 703 g/mol. The van der Waals surface area contributed by atoms with Crippen LogP contribution in [0.2, 0.25) is 0 Å². The lowest BCUT2D eigenvalue weighted by Gasteiger charge is -2.16. The number of hydrogen-bond donors (Lipinski definition) is 0. The van der Waals surface area contributed by atoms with Gasteiger partial charge in [-0.3, -0.25) is 0 Å². The number of para-hydroxylation sites is 2. The van der Waals surface area contributed by atoms with Gasteiger partial charge in [-0.1, -0.05) is 170 Å². The zero-order valence-electron chi connectivity index (χ0n) is 29.9. The normalized spacial score (nSPS) is 11.3. The Morgan fingerprint density at radius 3 is 1.25 bits per heavy atom. The first kappa shape index (κ1) is 32.2. The van der Waals surface area contributed by atoms with E-state index in [2.05, 4.69) is 187 Å². The summed E-state index contributed by atoms with van der Waals surface area (Å²) in [6.45, 7) is 0. The van der Waals surface area contributed by atoms with Crippen LogP contribution in [0.25, 0.3) is 95.0 Å². The lowest BCUT2D eigenvalue weighted by molar-refractivity contribution is 1.06. The Morgan fingerprint density at radius 1 is 0.273 bits per heavy atom. The van der Waals surface area contributed by atoms with Crippen LogP contribution >= 0.6 is 0 Å². The second-order valence-electron chi connectivity index (χ2n) is 13.7. The molecule has 4 nitrogen and oxygen atoms in total. The van der Waals surface area contributed by atoms with Gasteiger partial charge in [-0.15, -0.1) is 0 Å². The maximum Gasteiger partial charge on any atom is 0.166 e. The number of nitrogens with zero attached hydrogens (tertiary/aromatic N) is 4. The van der Waals surface area contributed by atoms with Crippen LogP contribution in [-0.4, -0.2) is 19.5 Å². The topological polar surface area (TPSA) is 43.6 Å². The molecule has 0 aliphatic carbocycles. The Bertz CT molecular complexity index is 2920. The molecule has 0 bridgehead atoms. The van der Waals surface area contributed by atoms with Gasteiger partial charge in [0.2, 0.25) is 0 Å². The van der Waals surface area contributed by atoms with Crippen molar-refractivity contribution in [2.24, 2.45) is 0 Å². The molecule has 0 saturated carbocycles. The maximum atomic E-state index is 5.30. The Hall–Kier alpha value is -7.43. The van der Waals surface area contributed by atoms with E-state index in [0.717, 1.165) is 55.7 Å². The van der Waals surface area contributed by atoms with E-state index < -0.39 is 0 Å². The van der Waals surface area contributed by atoms with Crippen molar-refractivity contribution in [3.05, 3.63) is 206 Å². The molecule has 2 aromatic heterocycles. The van der Waals surface area contributed by atoms with E-state index in [1.54, 1.807) is 0 Å². The van der Waals surface area contributed by atoms with Crippen molar-refractivity contribution >= 4 is 21.8 Å². The SMILES string of the molecule is c1ccc(-c2cccc(-c3cccc(-c4nc(-c5ccccc5)nc(-c5ccc(-c6ccccc6)cc5-n5c6ccccc6c6ccccc65)n4)c3)c2)cc1. The zero-order valence-corrected chi connectivity index (χ0v) is 29.9. The Balaban J connectivity index is 1.19. The summed E-state index contributed by atoms with van der Waals surface area (Å²) in [6.07, 6.45) is 0. The van der Waals surface area contributed by atoms with Crippen molar-refractivity contribution in [1.82, 2.24) is 19.5 Å². The molecule has 2 heterocycles. The van der Waals surface area contributed by atoms with Gasteiger partial charge in [0.15, 0.2) is 17.5 Å². The van der Waals surface area contributed by atoms with Crippen LogP contribution in [0, 0.1) is 0 Å². The fourth-order valence-corrected chi connectivity index (χ4v) is 7.59. The van der Waals surface area contributed by atoms with E-state index in [1.807, 2.05) is 24.3 Å². The molecule has 10 rings (SSSR count). The van der Waals surface area contributed by atoms with Crippen LogP contribution in [0.5, 0.6) is 0 Å². The molecular weight excluding hydrogens is 669 g/mol. The van der Waals surface area contributed by atoms with Gasteiger partial charge in [0.25, 0.3) is 0 Å². The van der Waals surface area contributed by atoms with Gasteiger partial charge in [0, 0.05) is 27.5 Å². The maximum absolute atomic E-state index is 5.30. The largest absolute Gasteiger partial charge is 0.308 e. The monoisotopic (exact) mass is 702 g/mol. The Labute approximate surface area is 319 Å². The standard InChI is InChI=1S/C51H34N4/c1-4-16-35(17-5-1)38-22-14-23-39(32-38)40-24-15-25-42(33-40)50-52-49(37-20-8-3-9-21-37)53-51(54-50)45-31-30-41(36-18-6-2-7-19-36)34-48(45)55-46-28-12-10-26-43(46)44-27-11-13-29-47(44)55/h1-34H. The molecule has 0 fully saturated rings. The van der Waals surface area contributed by atoms with Gasteiger partial charge in [-0.05, 0) is 69.8 Å². The van der Waals surface area contributed by atoms with E-state index in [4.69, 9.17) is 15.0 Å². The van der Waals surface area contributed by atoms with Crippen LogP contribution in [0.15, 0.2) is 206 Å². The molecule has 0 spiro atoms. The second kappa shape index (κ2) is 13.8. The zero-order chi connectivity index (χ0) is 36.6. The van der Waals surface area contributed by atoms with Crippen LogP contribution in [0.4, 0.5) is 0 Å². The van der Waals surface area contributed by atoms with Crippen molar-refractivity contribution in [2.45, 2.75) is 0 Å². The first-order valence-corrected chi connectivity index (χ1v) is 18.5. The molecule has 0 N–H and O–H groups in total. The minimum Gasteiger partial charge on any atom is -0.308 e. The predicted molar refractivity (Wildman–Crippen MR) is 227 cm³/mol. The van der Waals surface area contributed by atoms with Crippen molar-refractivity contribution < 1.29 is 0 Å². The van der Waals surface area contributed by atoms with E-state index in [9.17, 15) is 0 Å². The first-order chi connectivity index (χ1) is 27.3. The summed E-state index contributed by atoms with van der Waals surface area (Å²) in [5.74, 6) is 1.85. The molecule has 4 heteroatoms. The van der Waals surface area contributed by atoms with E-state index >= 15 is 0 Å². The molecule has 0 unspecified atom stereocenters. The fourth-order valence-electron chi connectivity index (χ4n) is 7.59. The molecular formula is C51H34N4. The lowest BCUT2D eigenvalue weighted by atomic mass is 9.98. The van der Waals surface area contributed by atoms with Crippen LogP contribution < -0.4 is 0 Å². The minimum absolute atomic E-state index is 0.608. The highest BCUT2D eigenvalue weighted by Gasteiger charge is 2.20. The summed E-state index contributed by atoms with van der Waals surface area (Å²) in [4.78, 5) is 15.6. The molecule has 0 radical (unpaired) electrons. The van der Waals surface area contributed by atoms with E-state index in [1.165, 1.54) is 21.9 Å². The van der Waals surface area contributed by atoms with Gasteiger partial charge in [-0.25, -0.2) is 15.0 Å². The summed E-state index contributed by atoms with van der Waals surface area (Å²) < 4.78 is 2.36. The minimum atomic E-state index is 0.608. The highest BCUT2D eigenvalue weighted by Crippen LogP contribution is 2.38. The van der Waals surface area contributed by atoms with Gasteiger partial charge in [-0.2, -0.15) is 0 Å². The smallest absolute Gasteiger partial charge is 0.166 e. The molecule has 0 amide bonds. The molecule has 258 valence electrons. The van der Waals surface area contributed by atoms with Gasteiger partial charge >= 0.3 is 0 Å². The van der Waals surface area contributed by atoms with E-state index in [-0.39, 0.29) is 0 Å². The molecule has 8 aromatic carbocycles. The van der Waals surface area contributed by atoms with Crippen LogP contribution in [0.3, 0.4) is 0 Å². The Kier molecular flexibility index (Phi) is 8.12. The fraction of sp³-hybridized carbons (Fsp3) is 0. The van der Waals surface area contributed by atoms with Crippen LogP contribution in [0.1, 0.15) is 0 Å². The van der Waals surface area contributed by atoms with Crippen molar-refractivity contribution in [3.63, 3.8) is 0 Å². The summed E-state index contributed by atoms with van der Waals surface area (Å²) in [7, 11) is 0. The van der Waals surface area contributed by atoms with Crippen molar-refractivity contribution in [2.75, 3.05) is 0 Å². The highest BCUT2D eigenvalue weighted by atomic mass is 15.1. The van der Waals surface area contributed by atoms with Crippen LogP contribution in [-0.2, 0) is 0 Å². The van der Waals surface area contributed by atoms with Crippen molar-refractivity contribution in [1.29, 1.82) is 0 Å². The summed E-state index contributed by atoms with van der Waals surface area (Å²) in [6, 6.07) is 72.2. The average Bonchev–Trinajstić information content (AvgIpc) is 3.61. The number of benzene rings is 8. The number of fused-ring (bicyclic) bond motifs is 3. The first-order valence-electron chi connectivity index (χ1n) is 18.5. The molecule has 0 saturated heterocycles. The number of hydrogen-bond acceptors (Lipinski definition) is 3. The lowest BCUT2D eigenvalue weighted by Crippen LogP contribution is -2.04.